The molecule has 0 aliphatic heterocycles. The second kappa shape index (κ2) is 8.04. The number of rotatable bonds is 8. The third-order valence-electron chi connectivity index (χ3n) is 2.60. The lowest BCUT2D eigenvalue weighted by atomic mass is 10.1. The molecule has 0 amide bonds. The molecule has 1 unspecified atom stereocenters. The lowest BCUT2D eigenvalue weighted by molar-refractivity contribution is -0.158. The van der Waals surface area contributed by atoms with E-state index < -0.39 is 17.9 Å². The van der Waals surface area contributed by atoms with Crippen molar-refractivity contribution >= 4 is 11.9 Å². The Bertz CT molecular complexity index is 457. The number of carbonyl (C=O) groups excluding carboxylic acids is 1. The van der Waals surface area contributed by atoms with Crippen LogP contribution in [0.2, 0.25) is 0 Å². The molecule has 0 spiro atoms. The summed E-state index contributed by atoms with van der Waals surface area (Å²) in [6.07, 6.45) is 0.0339. The van der Waals surface area contributed by atoms with E-state index in [2.05, 4.69) is 0 Å². The van der Waals surface area contributed by atoms with Gasteiger partial charge in [-0.25, -0.2) is 0 Å². The summed E-state index contributed by atoms with van der Waals surface area (Å²) in [6.45, 7) is 1.86. The highest BCUT2D eigenvalue weighted by molar-refractivity contribution is 5.93. The van der Waals surface area contributed by atoms with Gasteiger partial charge in [0, 0.05) is 6.42 Å². The van der Waals surface area contributed by atoms with E-state index in [-0.39, 0.29) is 19.6 Å². The molecule has 0 aliphatic rings. The largest absolute Gasteiger partial charge is 0.493 e. The maximum atomic E-state index is 11.5. The Morgan fingerprint density at radius 1 is 1.25 bits per heavy atom. The number of carbonyl (C=O) groups is 2. The minimum atomic E-state index is -1.22. The van der Waals surface area contributed by atoms with E-state index in [9.17, 15) is 9.59 Å². The maximum absolute atomic E-state index is 11.5. The van der Waals surface area contributed by atoms with Crippen molar-refractivity contribution in [2.45, 2.75) is 13.3 Å². The standard InChI is InChI=1S/C14H18O6/c1-3-19-14(17)10(13(15)16)8-9-20-12-7-5-4-6-11(12)18-2/h4-7,10H,3,8-9H2,1-2H3,(H,15,16). The number of ether oxygens (including phenoxy) is 3. The molecule has 1 aromatic rings. The summed E-state index contributed by atoms with van der Waals surface area (Å²) in [6, 6.07) is 7.01. The number of methoxy groups -OCH3 is 1. The first kappa shape index (κ1) is 15.8. The van der Waals surface area contributed by atoms with Crippen molar-refractivity contribution < 1.29 is 28.9 Å². The fourth-order valence-electron chi connectivity index (χ4n) is 1.61. The van der Waals surface area contributed by atoms with Crippen molar-refractivity contribution in [3.05, 3.63) is 24.3 Å². The quantitative estimate of drug-likeness (QED) is 0.577. The smallest absolute Gasteiger partial charge is 0.320 e. The molecule has 20 heavy (non-hydrogen) atoms. The SMILES string of the molecule is CCOC(=O)C(CCOc1ccccc1OC)C(=O)O. The summed E-state index contributed by atoms with van der Waals surface area (Å²) in [5.41, 5.74) is 0. The van der Waals surface area contributed by atoms with Crippen molar-refractivity contribution in [1.82, 2.24) is 0 Å². The van der Waals surface area contributed by atoms with Gasteiger partial charge in [0.05, 0.1) is 20.3 Å². The predicted molar refractivity (Wildman–Crippen MR) is 70.9 cm³/mol. The molecule has 6 nitrogen and oxygen atoms in total. The lowest BCUT2D eigenvalue weighted by Gasteiger charge is -2.13. The fourth-order valence-corrected chi connectivity index (χ4v) is 1.61. The first-order valence-electron chi connectivity index (χ1n) is 6.25. The van der Waals surface area contributed by atoms with Gasteiger partial charge in [-0.1, -0.05) is 12.1 Å². The summed E-state index contributed by atoms with van der Waals surface area (Å²) >= 11 is 0. The number of carboxylic acids is 1. The topological polar surface area (TPSA) is 82.1 Å². The minimum absolute atomic E-state index is 0.0339. The van der Waals surface area contributed by atoms with E-state index in [4.69, 9.17) is 19.3 Å². The van der Waals surface area contributed by atoms with E-state index in [0.29, 0.717) is 11.5 Å². The van der Waals surface area contributed by atoms with Crippen LogP contribution in [0.25, 0.3) is 0 Å². The zero-order valence-electron chi connectivity index (χ0n) is 11.5. The van der Waals surface area contributed by atoms with Crippen LogP contribution in [-0.2, 0) is 14.3 Å². The van der Waals surface area contributed by atoms with Gasteiger partial charge in [0.1, 0.15) is 0 Å². The zero-order valence-corrected chi connectivity index (χ0v) is 11.5. The molecule has 1 aromatic carbocycles. The number of aliphatic carboxylic acids is 1. The third-order valence-corrected chi connectivity index (χ3v) is 2.60. The van der Waals surface area contributed by atoms with Crippen LogP contribution in [0.5, 0.6) is 11.5 Å². The van der Waals surface area contributed by atoms with Crippen LogP contribution in [0.15, 0.2) is 24.3 Å². The average Bonchev–Trinajstić information content (AvgIpc) is 2.43. The normalized spacial score (nSPS) is 11.5. The molecule has 110 valence electrons. The van der Waals surface area contributed by atoms with Gasteiger partial charge in [0.25, 0.3) is 0 Å². The lowest BCUT2D eigenvalue weighted by Crippen LogP contribution is -2.27. The minimum Gasteiger partial charge on any atom is -0.493 e. The molecule has 1 atom stereocenters. The highest BCUT2D eigenvalue weighted by Crippen LogP contribution is 2.26. The van der Waals surface area contributed by atoms with Gasteiger partial charge in [-0.2, -0.15) is 0 Å². The van der Waals surface area contributed by atoms with Gasteiger partial charge in [-0.05, 0) is 19.1 Å². The Morgan fingerprint density at radius 3 is 2.45 bits per heavy atom. The second-order valence-corrected chi connectivity index (χ2v) is 3.93. The Morgan fingerprint density at radius 2 is 1.90 bits per heavy atom. The van der Waals surface area contributed by atoms with Crippen LogP contribution in [-0.4, -0.2) is 37.4 Å². The van der Waals surface area contributed by atoms with E-state index in [1.54, 1.807) is 31.2 Å². The van der Waals surface area contributed by atoms with Gasteiger partial charge < -0.3 is 19.3 Å². The molecule has 6 heteroatoms. The highest BCUT2D eigenvalue weighted by Gasteiger charge is 2.27. The first-order valence-corrected chi connectivity index (χ1v) is 6.25. The molecule has 0 heterocycles. The van der Waals surface area contributed by atoms with Crippen LogP contribution < -0.4 is 9.47 Å². The van der Waals surface area contributed by atoms with Crippen LogP contribution in [0.1, 0.15) is 13.3 Å². The molecule has 1 N–H and O–H groups in total. The molecule has 0 saturated heterocycles. The number of esters is 1. The fraction of sp³-hybridized carbons (Fsp3) is 0.429. The first-order chi connectivity index (χ1) is 9.60. The molecule has 0 fully saturated rings. The molecule has 0 bridgehead atoms. The molecule has 0 aliphatic carbocycles. The maximum Gasteiger partial charge on any atom is 0.320 e. The van der Waals surface area contributed by atoms with Gasteiger partial charge in [-0.3, -0.25) is 9.59 Å². The van der Waals surface area contributed by atoms with Crippen LogP contribution in [0.4, 0.5) is 0 Å². The highest BCUT2D eigenvalue weighted by atomic mass is 16.5. The van der Waals surface area contributed by atoms with E-state index in [0.717, 1.165) is 0 Å². The van der Waals surface area contributed by atoms with Gasteiger partial charge in [0.15, 0.2) is 17.4 Å². The average molecular weight is 282 g/mol. The van der Waals surface area contributed by atoms with E-state index in [1.165, 1.54) is 7.11 Å². The number of para-hydroxylation sites is 2. The number of benzene rings is 1. The van der Waals surface area contributed by atoms with Crippen molar-refractivity contribution in [3.8, 4) is 11.5 Å². The summed E-state index contributed by atoms with van der Waals surface area (Å²) in [5, 5.41) is 8.99. The van der Waals surface area contributed by atoms with Crippen molar-refractivity contribution in [3.63, 3.8) is 0 Å². The molecule has 1 rings (SSSR count). The predicted octanol–water partition coefficient (Wildman–Crippen LogP) is 1.73. The summed E-state index contributed by atoms with van der Waals surface area (Å²) in [4.78, 5) is 22.5. The summed E-state index contributed by atoms with van der Waals surface area (Å²) < 4.78 is 15.3. The molecular weight excluding hydrogens is 264 g/mol. The van der Waals surface area contributed by atoms with Gasteiger partial charge in [-0.15, -0.1) is 0 Å². The Labute approximate surface area is 117 Å². The van der Waals surface area contributed by atoms with Crippen molar-refractivity contribution in [2.75, 3.05) is 20.3 Å². The Kier molecular flexibility index (Phi) is 6.36. The van der Waals surface area contributed by atoms with Gasteiger partial charge >= 0.3 is 11.9 Å². The monoisotopic (exact) mass is 282 g/mol. The molecule has 0 aromatic heterocycles. The van der Waals surface area contributed by atoms with E-state index >= 15 is 0 Å². The zero-order chi connectivity index (χ0) is 15.0. The Balaban J connectivity index is 2.56. The third kappa shape index (κ3) is 4.46. The molecular formula is C14H18O6. The van der Waals surface area contributed by atoms with Crippen LogP contribution in [0.3, 0.4) is 0 Å². The number of hydrogen-bond donors (Lipinski definition) is 1. The number of hydrogen-bond acceptors (Lipinski definition) is 5. The van der Waals surface area contributed by atoms with Crippen LogP contribution >= 0.6 is 0 Å². The van der Waals surface area contributed by atoms with Crippen LogP contribution in [0, 0.1) is 5.92 Å². The molecule has 0 radical (unpaired) electrons. The van der Waals surface area contributed by atoms with Gasteiger partial charge in [0.2, 0.25) is 0 Å². The number of carboxylic acid groups (broad SMARTS) is 1. The second-order valence-electron chi connectivity index (χ2n) is 3.93. The van der Waals surface area contributed by atoms with Crippen molar-refractivity contribution in [1.29, 1.82) is 0 Å². The molecule has 0 saturated carbocycles. The Hall–Kier alpha value is -2.24. The summed E-state index contributed by atoms with van der Waals surface area (Å²) in [5.74, 6) is -2.13. The van der Waals surface area contributed by atoms with E-state index in [1.807, 2.05) is 0 Å². The van der Waals surface area contributed by atoms with Crippen molar-refractivity contribution in [2.24, 2.45) is 5.92 Å². The summed E-state index contributed by atoms with van der Waals surface area (Å²) in [7, 11) is 1.51.